The minimum absolute atomic E-state index is 0. The highest BCUT2D eigenvalue weighted by Gasteiger charge is 2.37. The fourth-order valence-electron chi connectivity index (χ4n) is 3.61. The van der Waals surface area contributed by atoms with Gasteiger partial charge in [0.05, 0.1) is 25.2 Å². The Hall–Kier alpha value is -0.570. The van der Waals surface area contributed by atoms with Crippen molar-refractivity contribution in [2.24, 2.45) is 16.8 Å². The summed E-state index contributed by atoms with van der Waals surface area (Å²) in [4.78, 5) is 18.6. The van der Waals surface area contributed by atoms with Crippen molar-refractivity contribution in [3.63, 3.8) is 0 Å². The number of carbonyl (C=O) groups excluding carboxylic acids is 1. The summed E-state index contributed by atoms with van der Waals surface area (Å²) in [5.41, 5.74) is -0.661. The highest BCUT2D eigenvalue weighted by atomic mass is 127. The second kappa shape index (κ2) is 9.79. The van der Waals surface area contributed by atoms with Crippen LogP contribution in [0.3, 0.4) is 0 Å². The van der Waals surface area contributed by atoms with E-state index in [-0.39, 0.29) is 41.8 Å². The van der Waals surface area contributed by atoms with Crippen LogP contribution in [0.5, 0.6) is 0 Å². The van der Waals surface area contributed by atoms with E-state index in [1.807, 2.05) is 6.92 Å². The third-order valence-corrected chi connectivity index (χ3v) is 5.06. The lowest BCUT2D eigenvalue weighted by atomic mass is 9.85. The number of methoxy groups -OCH3 is 1. The monoisotopic (exact) mass is 453 g/mol. The highest BCUT2D eigenvalue weighted by Crippen LogP contribution is 2.29. The molecule has 0 bridgehead atoms. The van der Waals surface area contributed by atoms with Crippen molar-refractivity contribution in [2.45, 2.75) is 51.6 Å². The van der Waals surface area contributed by atoms with Crippen molar-refractivity contribution in [1.29, 1.82) is 0 Å². The van der Waals surface area contributed by atoms with Gasteiger partial charge in [-0.05, 0) is 25.7 Å². The van der Waals surface area contributed by atoms with Gasteiger partial charge in [-0.3, -0.25) is 9.79 Å². The van der Waals surface area contributed by atoms with E-state index in [1.165, 1.54) is 13.5 Å². The zero-order valence-corrected chi connectivity index (χ0v) is 17.4. The van der Waals surface area contributed by atoms with Crippen LogP contribution in [0.2, 0.25) is 0 Å². The lowest BCUT2D eigenvalue weighted by molar-refractivity contribution is -0.145. The van der Waals surface area contributed by atoms with Gasteiger partial charge in [0.15, 0.2) is 5.96 Å². The Kier molecular flexibility index (Phi) is 8.76. The number of aliphatic hydroxyl groups is 1. The molecule has 7 heteroatoms. The zero-order valence-electron chi connectivity index (χ0n) is 15.1. The first-order valence-corrected chi connectivity index (χ1v) is 8.82. The molecular weight excluding hydrogens is 421 g/mol. The van der Waals surface area contributed by atoms with Crippen molar-refractivity contribution in [3.8, 4) is 0 Å². The minimum atomic E-state index is -0.661. The SMILES string of the molecule is CCNC(=NCC1(O)CCCCC1)N1CC(C)C(C(=O)OC)C1.I. The molecule has 2 unspecified atom stereocenters. The van der Waals surface area contributed by atoms with Crippen molar-refractivity contribution in [2.75, 3.05) is 33.3 Å². The van der Waals surface area contributed by atoms with Crippen LogP contribution >= 0.6 is 24.0 Å². The van der Waals surface area contributed by atoms with Crippen LogP contribution in [0.25, 0.3) is 0 Å². The first-order chi connectivity index (χ1) is 11.0. The topological polar surface area (TPSA) is 74.2 Å². The molecule has 2 rings (SSSR count). The van der Waals surface area contributed by atoms with Crippen LogP contribution in [0.15, 0.2) is 4.99 Å². The number of hydrogen-bond acceptors (Lipinski definition) is 4. The number of esters is 1. The molecule has 6 nitrogen and oxygen atoms in total. The average Bonchev–Trinajstić information content (AvgIpc) is 2.93. The Labute approximate surface area is 162 Å². The number of nitrogens with one attached hydrogen (secondary N) is 1. The average molecular weight is 453 g/mol. The molecule has 2 aliphatic rings. The maximum Gasteiger partial charge on any atom is 0.310 e. The van der Waals surface area contributed by atoms with Crippen LogP contribution in [0, 0.1) is 11.8 Å². The number of aliphatic imine (C=N–C) groups is 1. The van der Waals surface area contributed by atoms with Gasteiger partial charge < -0.3 is 20.1 Å². The van der Waals surface area contributed by atoms with Crippen LogP contribution in [-0.4, -0.2) is 60.8 Å². The van der Waals surface area contributed by atoms with Crippen molar-refractivity contribution < 1.29 is 14.6 Å². The first-order valence-electron chi connectivity index (χ1n) is 8.82. The summed E-state index contributed by atoms with van der Waals surface area (Å²) in [6.07, 6.45) is 5.02. The third-order valence-electron chi connectivity index (χ3n) is 5.06. The summed E-state index contributed by atoms with van der Waals surface area (Å²) in [7, 11) is 1.44. The summed E-state index contributed by atoms with van der Waals surface area (Å²) in [6, 6.07) is 0. The third kappa shape index (κ3) is 5.47. The molecule has 2 atom stereocenters. The Morgan fingerprint density at radius 1 is 1.33 bits per heavy atom. The largest absolute Gasteiger partial charge is 0.469 e. The van der Waals surface area contributed by atoms with Gasteiger partial charge in [-0.25, -0.2) is 0 Å². The normalized spacial score (nSPS) is 26.7. The van der Waals surface area contributed by atoms with Crippen molar-refractivity contribution >= 4 is 35.9 Å². The van der Waals surface area contributed by atoms with Gasteiger partial charge in [0, 0.05) is 19.6 Å². The van der Waals surface area contributed by atoms with E-state index in [0.29, 0.717) is 13.1 Å². The molecule has 2 N–H and O–H groups in total. The second-order valence-electron chi connectivity index (χ2n) is 6.97. The van der Waals surface area contributed by atoms with E-state index in [4.69, 9.17) is 4.74 Å². The van der Waals surface area contributed by atoms with E-state index >= 15 is 0 Å². The molecule has 0 radical (unpaired) electrons. The van der Waals surface area contributed by atoms with E-state index < -0.39 is 5.60 Å². The predicted octanol–water partition coefficient (Wildman–Crippen LogP) is 2.01. The molecule has 2 fully saturated rings. The van der Waals surface area contributed by atoms with E-state index in [9.17, 15) is 9.90 Å². The number of likely N-dealkylation sites (tertiary alicyclic amines) is 1. The quantitative estimate of drug-likeness (QED) is 0.295. The molecule has 0 aromatic rings. The molecule has 1 saturated carbocycles. The summed E-state index contributed by atoms with van der Waals surface area (Å²) in [5.74, 6) is 0.775. The molecule has 1 aliphatic carbocycles. The Morgan fingerprint density at radius 2 is 2.00 bits per heavy atom. The number of guanidine groups is 1. The van der Waals surface area contributed by atoms with Crippen LogP contribution in [0.1, 0.15) is 46.0 Å². The number of hydrogen-bond donors (Lipinski definition) is 2. The molecule has 0 aromatic heterocycles. The predicted molar refractivity (Wildman–Crippen MR) is 106 cm³/mol. The van der Waals surface area contributed by atoms with Crippen molar-refractivity contribution in [3.05, 3.63) is 0 Å². The summed E-state index contributed by atoms with van der Waals surface area (Å²) in [6.45, 7) is 6.71. The molecule has 0 amide bonds. The highest BCUT2D eigenvalue weighted by molar-refractivity contribution is 14.0. The smallest absolute Gasteiger partial charge is 0.310 e. The van der Waals surface area contributed by atoms with Gasteiger partial charge in [0.25, 0.3) is 0 Å². The van der Waals surface area contributed by atoms with Gasteiger partial charge in [-0.15, -0.1) is 24.0 Å². The van der Waals surface area contributed by atoms with Crippen LogP contribution in [-0.2, 0) is 9.53 Å². The van der Waals surface area contributed by atoms with Gasteiger partial charge in [0.2, 0.25) is 0 Å². The molecular formula is C17H32IN3O3. The summed E-state index contributed by atoms with van der Waals surface area (Å²) < 4.78 is 4.90. The van der Waals surface area contributed by atoms with Crippen LogP contribution < -0.4 is 5.32 Å². The maximum absolute atomic E-state index is 11.9. The first kappa shape index (κ1) is 21.5. The Morgan fingerprint density at radius 3 is 2.58 bits per heavy atom. The summed E-state index contributed by atoms with van der Waals surface area (Å²) >= 11 is 0. The van der Waals surface area contributed by atoms with Crippen LogP contribution in [0.4, 0.5) is 0 Å². The van der Waals surface area contributed by atoms with E-state index in [1.54, 1.807) is 0 Å². The minimum Gasteiger partial charge on any atom is -0.469 e. The number of halogens is 1. The Bertz CT molecular complexity index is 439. The Balaban J connectivity index is 0.00000288. The van der Waals surface area contributed by atoms with E-state index in [0.717, 1.165) is 44.7 Å². The number of ether oxygens (including phenoxy) is 1. The lowest BCUT2D eigenvalue weighted by Gasteiger charge is -2.31. The number of rotatable bonds is 4. The molecule has 1 heterocycles. The van der Waals surface area contributed by atoms with Gasteiger partial charge in [-0.2, -0.15) is 0 Å². The molecule has 0 spiro atoms. The number of carbonyl (C=O) groups is 1. The fourth-order valence-corrected chi connectivity index (χ4v) is 3.61. The number of nitrogens with zero attached hydrogens (tertiary/aromatic N) is 2. The second-order valence-corrected chi connectivity index (χ2v) is 6.97. The lowest BCUT2D eigenvalue weighted by Crippen LogP contribution is -2.43. The summed E-state index contributed by atoms with van der Waals surface area (Å²) in [5, 5.41) is 13.9. The standard InChI is InChI=1S/C17H31N3O3.HI/c1-4-18-16(19-12-17(22)8-6-5-7-9-17)20-10-13(2)14(11-20)15(21)23-3;/h13-14,22H,4-12H2,1-3H3,(H,18,19);1H. The zero-order chi connectivity index (χ0) is 16.9. The van der Waals surface area contributed by atoms with Gasteiger partial charge in [0.1, 0.15) is 0 Å². The molecule has 1 aliphatic heterocycles. The maximum atomic E-state index is 11.9. The van der Waals surface area contributed by atoms with Gasteiger partial charge >= 0.3 is 5.97 Å². The van der Waals surface area contributed by atoms with E-state index in [2.05, 4.69) is 22.1 Å². The molecule has 1 saturated heterocycles. The van der Waals surface area contributed by atoms with Gasteiger partial charge in [-0.1, -0.05) is 26.2 Å². The molecule has 0 aromatic carbocycles. The molecule has 24 heavy (non-hydrogen) atoms. The van der Waals surface area contributed by atoms with Crippen molar-refractivity contribution in [1.82, 2.24) is 10.2 Å². The fraction of sp³-hybridized carbons (Fsp3) is 0.882. The molecule has 140 valence electrons.